The van der Waals surface area contributed by atoms with Gasteiger partial charge < -0.3 is 5.32 Å². The summed E-state index contributed by atoms with van der Waals surface area (Å²) >= 11 is 0. The molecule has 0 aliphatic rings. The van der Waals surface area contributed by atoms with Crippen LogP contribution in [0.4, 0.5) is 0 Å². The molecule has 84 valence electrons. The van der Waals surface area contributed by atoms with Crippen LogP contribution < -0.4 is 5.32 Å². The smallest absolute Gasteiger partial charge is 0.0452 e. The molecule has 0 radical (unpaired) electrons. The van der Waals surface area contributed by atoms with Crippen LogP contribution >= 0.6 is 0 Å². The molecule has 0 bridgehead atoms. The van der Waals surface area contributed by atoms with Gasteiger partial charge in [-0.1, -0.05) is 19.9 Å². The van der Waals surface area contributed by atoms with Gasteiger partial charge in [-0.15, -0.1) is 0 Å². The molecule has 2 nitrogen and oxygen atoms in total. The number of nitrogens with one attached hydrogen (secondary N) is 1. The lowest BCUT2D eigenvalue weighted by Gasteiger charge is -2.26. The summed E-state index contributed by atoms with van der Waals surface area (Å²) in [6.07, 6.45) is 1.95. The van der Waals surface area contributed by atoms with E-state index < -0.39 is 0 Å². The summed E-state index contributed by atoms with van der Waals surface area (Å²) in [5.41, 5.74) is 2.41. The maximum absolute atomic E-state index is 4.53. The van der Waals surface area contributed by atoms with Gasteiger partial charge in [-0.2, -0.15) is 0 Å². The number of likely N-dealkylation sites (N-methyl/N-ethyl adjacent to an activating group) is 1. The van der Waals surface area contributed by atoms with Gasteiger partial charge in [-0.05, 0) is 38.4 Å². The molecule has 2 unspecified atom stereocenters. The zero-order chi connectivity index (χ0) is 11.4. The first kappa shape index (κ1) is 12.2. The van der Waals surface area contributed by atoms with Crippen LogP contribution in [0.3, 0.4) is 0 Å². The standard InChI is InChI=1S/C13H22N2/c1-9(2)13(11(4)14-5)12-7-6-10(3)8-15-12/h6-9,11,13-14H,1-5H3. The fourth-order valence-corrected chi connectivity index (χ4v) is 2.03. The van der Waals surface area contributed by atoms with Crippen LogP contribution in [0, 0.1) is 12.8 Å². The van der Waals surface area contributed by atoms with Crippen molar-refractivity contribution in [2.24, 2.45) is 5.92 Å². The van der Waals surface area contributed by atoms with Gasteiger partial charge >= 0.3 is 0 Å². The lowest BCUT2D eigenvalue weighted by molar-refractivity contribution is 0.388. The van der Waals surface area contributed by atoms with E-state index in [1.807, 2.05) is 13.2 Å². The molecule has 0 aliphatic carbocycles. The van der Waals surface area contributed by atoms with Gasteiger partial charge in [0.25, 0.3) is 0 Å². The van der Waals surface area contributed by atoms with Crippen molar-refractivity contribution in [3.8, 4) is 0 Å². The molecule has 0 fully saturated rings. The molecule has 0 spiro atoms. The average molecular weight is 206 g/mol. The van der Waals surface area contributed by atoms with Crippen molar-refractivity contribution in [1.29, 1.82) is 0 Å². The highest BCUT2D eigenvalue weighted by atomic mass is 14.9. The number of pyridine rings is 1. The van der Waals surface area contributed by atoms with Crippen molar-refractivity contribution in [2.45, 2.75) is 39.7 Å². The SMILES string of the molecule is CNC(C)C(c1ccc(C)cn1)C(C)C. The fraction of sp³-hybridized carbons (Fsp3) is 0.615. The van der Waals surface area contributed by atoms with Gasteiger partial charge in [0.05, 0.1) is 0 Å². The summed E-state index contributed by atoms with van der Waals surface area (Å²) < 4.78 is 0. The second-order valence-electron chi connectivity index (χ2n) is 4.61. The van der Waals surface area contributed by atoms with E-state index in [2.05, 4.69) is 50.1 Å². The molecular formula is C13H22N2. The molecular weight excluding hydrogens is 184 g/mol. The molecule has 15 heavy (non-hydrogen) atoms. The minimum absolute atomic E-state index is 0.459. The quantitative estimate of drug-likeness (QED) is 0.819. The Morgan fingerprint density at radius 2 is 1.87 bits per heavy atom. The monoisotopic (exact) mass is 206 g/mol. The molecule has 0 amide bonds. The molecule has 0 aromatic carbocycles. The largest absolute Gasteiger partial charge is 0.317 e. The molecule has 0 saturated heterocycles. The lowest BCUT2D eigenvalue weighted by Crippen LogP contribution is -2.32. The molecule has 1 heterocycles. The van der Waals surface area contributed by atoms with E-state index in [9.17, 15) is 0 Å². The third kappa shape index (κ3) is 3.03. The minimum atomic E-state index is 0.459. The Morgan fingerprint density at radius 1 is 1.20 bits per heavy atom. The van der Waals surface area contributed by atoms with E-state index in [0.717, 1.165) is 0 Å². The molecule has 0 aliphatic heterocycles. The second kappa shape index (κ2) is 5.26. The van der Waals surface area contributed by atoms with Crippen molar-refractivity contribution >= 4 is 0 Å². The summed E-state index contributed by atoms with van der Waals surface area (Å²) in [5.74, 6) is 1.08. The summed E-state index contributed by atoms with van der Waals surface area (Å²) in [6, 6.07) is 4.74. The van der Waals surface area contributed by atoms with Crippen molar-refractivity contribution in [2.75, 3.05) is 7.05 Å². The molecule has 2 heteroatoms. The zero-order valence-corrected chi connectivity index (χ0v) is 10.4. The highest BCUT2D eigenvalue weighted by Gasteiger charge is 2.22. The fourth-order valence-electron chi connectivity index (χ4n) is 2.03. The molecule has 1 aromatic heterocycles. The Hall–Kier alpha value is -0.890. The van der Waals surface area contributed by atoms with Crippen LogP contribution in [0.2, 0.25) is 0 Å². The number of aryl methyl sites for hydroxylation is 1. The minimum Gasteiger partial charge on any atom is -0.317 e. The van der Waals surface area contributed by atoms with Crippen LogP contribution in [-0.4, -0.2) is 18.1 Å². The van der Waals surface area contributed by atoms with Gasteiger partial charge in [0.1, 0.15) is 0 Å². The molecule has 1 rings (SSSR count). The van der Waals surface area contributed by atoms with Gasteiger partial charge in [0.2, 0.25) is 0 Å². The number of rotatable bonds is 4. The van der Waals surface area contributed by atoms with Crippen LogP contribution in [0.25, 0.3) is 0 Å². The predicted molar refractivity (Wildman–Crippen MR) is 65.1 cm³/mol. The highest BCUT2D eigenvalue weighted by molar-refractivity contribution is 5.17. The van der Waals surface area contributed by atoms with Crippen LogP contribution in [0.5, 0.6) is 0 Å². The first-order valence-corrected chi connectivity index (χ1v) is 5.66. The molecule has 1 N–H and O–H groups in total. The first-order chi connectivity index (χ1) is 7.06. The van der Waals surface area contributed by atoms with E-state index in [1.54, 1.807) is 0 Å². The average Bonchev–Trinajstić information content (AvgIpc) is 2.20. The lowest BCUT2D eigenvalue weighted by atomic mass is 9.86. The van der Waals surface area contributed by atoms with Crippen molar-refractivity contribution in [3.63, 3.8) is 0 Å². The highest BCUT2D eigenvalue weighted by Crippen LogP contribution is 2.26. The number of hydrogen-bond donors (Lipinski definition) is 1. The Kier molecular flexibility index (Phi) is 4.28. The van der Waals surface area contributed by atoms with Gasteiger partial charge in [-0.3, -0.25) is 4.98 Å². The predicted octanol–water partition coefficient (Wildman–Crippen LogP) is 2.74. The van der Waals surface area contributed by atoms with E-state index in [0.29, 0.717) is 17.9 Å². The second-order valence-corrected chi connectivity index (χ2v) is 4.61. The summed E-state index contributed by atoms with van der Waals surface area (Å²) in [6.45, 7) is 8.79. The maximum atomic E-state index is 4.53. The third-order valence-corrected chi connectivity index (χ3v) is 2.99. The van der Waals surface area contributed by atoms with Crippen LogP contribution in [0.15, 0.2) is 18.3 Å². The van der Waals surface area contributed by atoms with E-state index in [1.165, 1.54) is 11.3 Å². The van der Waals surface area contributed by atoms with Crippen LogP contribution in [0.1, 0.15) is 37.9 Å². The van der Waals surface area contributed by atoms with Crippen LogP contribution in [-0.2, 0) is 0 Å². The Balaban J connectivity index is 2.94. The Labute approximate surface area is 93.1 Å². The number of hydrogen-bond acceptors (Lipinski definition) is 2. The van der Waals surface area contributed by atoms with Gasteiger partial charge in [-0.25, -0.2) is 0 Å². The summed E-state index contributed by atoms with van der Waals surface area (Å²) in [7, 11) is 2.01. The Morgan fingerprint density at radius 3 is 2.27 bits per heavy atom. The van der Waals surface area contributed by atoms with E-state index in [-0.39, 0.29) is 0 Å². The van der Waals surface area contributed by atoms with E-state index in [4.69, 9.17) is 0 Å². The number of aromatic nitrogens is 1. The van der Waals surface area contributed by atoms with E-state index >= 15 is 0 Å². The maximum Gasteiger partial charge on any atom is 0.0452 e. The molecule has 1 aromatic rings. The zero-order valence-electron chi connectivity index (χ0n) is 10.4. The van der Waals surface area contributed by atoms with Crippen molar-refractivity contribution in [1.82, 2.24) is 10.3 Å². The summed E-state index contributed by atoms with van der Waals surface area (Å²) in [4.78, 5) is 4.53. The molecule has 0 saturated carbocycles. The van der Waals surface area contributed by atoms with Gasteiger partial charge in [0.15, 0.2) is 0 Å². The number of nitrogens with zero attached hydrogens (tertiary/aromatic N) is 1. The molecule has 2 atom stereocenters. The van der Waals surface area contributed by atoms with Gasteiger partial charge in [0, 0.05) is 23.9 Å². The topological polar surface area (TPSA) is 24.9 Å². The Bertz CT molecular complexity index is 290. The third-order valence-electron chi connectivity index (χ3n) is 2.99. The summed E-state index contributed by atoms with van der Waals surface area (Å²) in [5, 5.41) is 3.32. The van der Waals surface area contributed by atoms with Crippen molar-refractivity contribution < 1.29 is 0 Å². The van der Waals surface area contributed by atoms with Crippen molar-refractivity contribution in [3.05, 3.63) is 29.6 Å². The normalized spacial score (nSPS) is 15.3. The first-order valence-electron chi connectivity index (χ1n) is 5.66.